The quantitative estimate of drug-likeness (QED) is 0.332. The van der Waals surface area contributed by atoms with Gasteiger partial charge in [-0.1, -0.05) is 36.4 Å². The van der Waals surface area contributed by atoms with Crippen molar-refractivity contribution in [2.75, 3.05) is 13.7 Å². The normalized spacial score (nSPS) is 21.9. The minimum Gasteiger partial charge on any atom is -0.497 e. The van der Waals surface area contributed by atoms with E-state index in [-0.39, 0.29) is 17.5 Å². The predicted molar refractivity (Wildman–Crippen MR) is 126 cm³/mol. The van der Waals surface area contributed by atoms with E-state index in [2.05, 4.69) is 0 Å². The molecule has 1 saturated heterocycles. The van der Waals surface area contributed by atoms with Crippen LogP contribution in [0, 0.1) is 23.4 Å². The third-order valence-corrected chi connectivity index (χ3v) is 7.41. The van der Waals surface area contributed by atoms with Gasteiger partial charge in [0, 0.05) is 11.1 Å². The topological polar surface area (TPSA) is 21.8 Å². The Hall–Kier alpha value is -2.79. The van der Waals surface area contributed by atoms with Gasteiger partial charge in [0.2, 0.25) is 0 Å². The van der Waals surface area contributed by atoms with Crippen LogP contribution >= 0.6 is 0 Å². The minimum absolute atomic E-state index is 0.0692. The van der Waals surface area contributed by atoms with E-state index in [1.165, 1.54) is 0 Å². The predicted octanol–water partition coefficient (Wildman–Crippen LogP) is 7.76. The zero-order valence-electron chi connectivity index (χ0n) is 19.3. The summed E-state index contributed by atoms with van der Waals surface area (Å²) in [5, 5.41) is 0. The third-order valence-electron chi connectivity index (χ3n) is 7.41. The summed E-state index contributed by atoms with van der Waals surface area (Å²) in [4.78, 5) is 0. The Morgan fingerprint density at radius 2 is 1.62 bits per heavy atom. The Labute approximate surface area is 198 Å². The fraction of sp³-hybridized carbons (Fsp3) is 0.379. The van der Waals surface area contributed by atoms with Crippen LogP contribution in [0.1, 0.15) is 60.8 Å². The van der Waals surface area contributed by atoms with Gasteiger partial charge in [-0.2, -0.15) is 0 Å². The number of epoxide rings is 1. The summed E-state index contributed by atoms with van der Waals surface area (Å²) in [6.45, 7) is 0.607. The van der Waals surface area contributed by atoms with Crippen molar-refractivity contribution >= 4 is 0 Å². The molecule has 1 saturated carbocycles. The van der Waals surface area contributed by atoms with Crippen LogP contribution < -0.4 is 4.74 Å². The van der Waals surface area contributed by atoms with Crippen LogP contribution in [0.3, 0.4) is 0 Å². The Morgan fingerprint density at radius 1 is 0.882 bits per heavy atom. The lowest BCUT2D eigenvalue weighted by atomic mass is 9.76. The van der Waals surface area contributed by atoms with E-state index < -0.39 is 11.6 Å². The summed E-state index contributed by atoms with van der Waals surface area (Å²) < 4.78 is 54.3. The number of halogens is 3. The van der Waals surface area contributed by atoms with E-state index in [1.807, 2.05) is 12.1 Å². The van der Waals surface area contributed by atoms with Crippen molar-refractivity contribution in [1.82, 2.24) is 0 Å². The van der Waals surface area contributed by atoms with Gasteiger partial charge in [-0.25, -0.2) is 13.2 Å². The van der Waals surface area contributed by atoms with Crippen LogP contribution in [0.2, 0.25) is 0 Å². The lowest BCUT2D eigenvalue weighted by Gasteiger charge is -2.29. The highest BCUT2D eigenvalue weighted by atomic mass is 19.2. The first kappa shape index (κ1) is 23.0. The standard InChI is InChI=1S/C29H29F3O2/c1-33-23-12-8-20(9-13-23)24-14-10-21(28(31)29(24)32)7-4-18-2-5-19(6-3-18)22-11-15-25(26(30)16-22)27-17-34-27/h8-16,18-19,27H,2-7,17H2,1H3. The molecule has 0 bridgehead atoms. The first-order chi connectivity index (χ1) is 16.5. The maximum Gasteiger partial charge on any atom is 0.166 e. The molecule has 0 radical (unpaired) electrons. The third kappa shape index (κ3) is 4.85. The van der Waals surface area contributed by atoms with Gasteiger partial charge in [-0.3, -0.25) is 0 Å². The van der Waals surface area contributed by atoms with Gasteiger partial charge in [0.1, 0.15) is 17.7 Å². The molecule has 2 aliphatic rings. The second kappa shape index (κ2) is 9.83. The second-order valence-electron chi connectivity index (χ2n) is 9.49. The SMILES string of the molecule is COc1ccc(-c2ccc(CCC3CCC(c4ccc(C5CO5)c(F)c4)CC3)c(F)c2F)cc1. The number of hydrogen-bond donors (Lipinski definition) is 0. The molecule has 0 amide bonds. The molecule has 3 aromatic carbocycles. The van der Waals surface area contributed by atoms with E-state index in [9.17, 15) is 13.2 Å². The maximum atomic E-state index is 14.8. The van der Waals surface area contributed by atoms with Crippen molar-refractivity contribution in [1.29, 1.82) is 0 Å². The van der Waals surface area contributed by atoms with Gasteiger partial charge in [0.15, 0.2) is 11.6 Å². The highest BCUT2D eigenvalue weighted by Crippen LogP contribution is 2.40. The molecule has 1 aliphatic heterocycles. The summed E-state index contributed by atoms with van der Waals surface area (Å²) in [6, 6.07) is 15.9. The molecule has 0 spiro atoms. The summed E-state index contributed by atoms with van der Waals surface area (Å²) in [7, 11) is 1.57. The Balaban J connectivity index is 1.17. The lowest BCUT2D eigenvalue weighted by Crippen LogP contribution is -2.14. The molecule has 2 fully saturated rings. The van der Waals surface area contributed by atoms with Crippen molar-refractivity contribution in [3.8, 4) is 16.9 Å². The van der Waals surface area contributed by atoms with Crippen molar-refractivity contribution in [3.05, 3.63) is 88.7 Å². The first-order valence-electron chi connectivity index (χ1n) is 12.1. The van der Waals surface area contributed by atoms with Gasteiger partial charge in [0.25, 0.3) is 0 Å². The molecule has 0 N–H and O–H groups in total. The average Bonchev–Trinajstić information content (AvgIpc) is 3.71. The minimum atomic E-state index is -0.798. The summed E-state index contributed by atoms with van der Waals surface area (Å²) >= 11 is 0. The Kier molecular flexibility index (Phi) is 6.64. The van der Waals surface area contributed by atoms with E-state index in [4.69, 9.17) is 9.47 Å². The van der Waals surface area contributed by atoms with Crippen molar-refractivity contribution in [2.24, 2.45) is 5.92 Å². The van der Waals surface area contributed by atoms with E-state index >= 15 is 0 Å². The molecule has 2 nitrogen and oxygen atoms in total. The van der Waals surface area contributed by atoms with E-state index in [0.717, 1.165) is 37.7 Å². The van der Waals surface area contributed by atoms with Crippen molar-refractivity contribution in [2.45, 2.75) is 50.5 Å². The van der Waals surface area contributed by atoms with Crippen LogP contribution in [0.4, 0.5) is 13.2 Å². The van der Waals surface area contributed by atoms with Gasteiger partial charge >= 0.3 is 0 Å². The molecule has 1 atom stereocenters. The van der Waals surface area contributed by atoms with Gasteiger partial charge in [0.05, 0.1) is 13.7 Å². The summed E-state index contributed by atoms with van der Waals surface area (Å²) in [6.07, 6.45) is 5.32. The average molecular weight is 467 g/mol. The van der Waals surface area contributed by atoms with Crippen LogP contribution in [0.15, 0.2) is 54.6 Å². The first-order valence-corrected chi connectivity index (χ1v) is 12.1. The zero-order chi connectivity index (χ0) is 23.7. The fourth-order valence-corrected chi connectivity index (χ4v) is 5.21. The highest BCUT2D eigenvalue weighted by molar-refractivity contribution is 5.65. The maximum absolute atomic E-state index is 14.8. The van der Waals surface area contributed by atoms with Crippen LogP contribution in [-0.2, 0) is 11.2 Å². The Bertz CT molecular complexity index is 1150. The van der Waals surface area contributed by atoms with Crippen LogP contribution in [0.25, 0.3) is 11.1 Å². The molecule has 34 heavy (non-hydrogen) atoms. The van der Waals surface area contributed by atoms with E-state index in [1.54, 1.807) is 49.6 Å². The number of benzene rings is 3. The second-order valence-corrected chi connectivity index (χ2v) is 9.49. The monoisotopic (exact) mass is 466 g/mol. The molecule has 1 heterocycles. The van der Waals surface area contributed by atoms with Crippen molar-refractivity contribution in [3.63, 3.8) is 0 Å². The fourth-order valence-electron chi connectivity index (χ4n) is 5.21. The number of hydrogen-bond acceptors (Lipinski definition) is 2. The molecule has 1 aliphatic carbocycles. The molecule has 1 unspecified atom stereocenters. The number of methoxy groups -OCH3 is 1. The highest BCUT2D eigenvalue weighted by Gasteiger charge is 2.29. The van der Waals surface area contributed by atoms with Crippen molar-refractivity contribution < 1.29 is 22.6 Å². The summed E-state index contributed by atoms with van der Waals surface area (Å²) in [5.41, 5.74) is 3.02. The number of rotatable bonds is 7. The van der Waals surface area contributed by atoms with Gasteiger partial charge < -0.3 is 9.47 Å². The molecule has 178 valence electrons. The van der Waals surface area contributed by atoms with Crippen LogP contribution in [-0.4, -0.2) is 13.7 Å². The summed E-state index contributed by atoms with van der Waals surface area (Å²) in [5.74, 6) is -0.212. The van der Waals surface area contributed by atoms with E-state index in [0.29, 0.717) is 47.3 Å². The molecule has 5 heteroatoms. The molecule has 3 aromatic rings. The molecular formula is C29H29F3O2. The molecule has 5 rings (SSSR count). The van der Waals surface area contributed by atoms with Crippen LogP contribution in [0.5, 0.6) is 5.75 Å². The number of ether oxygens (including phenoxy) is 2. The molecule has 0 aromatic heterocycles. The zero-order valence-corrected chi connectivity index (χ0v) is 19.3. The van der Waals surface area contributed by atoms with Gasteiger partial charge in [-0.15, -0.1) is 0 Å². The van der Waals surface area contributed by atoms with Gasteiger partial charge in [-0.05, 0) is 85.3 Å². The Morgan fingerprint density at radius 3 is 2.26 bits per heavy atom. The smallest absolute Gasteiger partial charge is 0.166 e. The molecular weight excluding hydrogens is 437 g/mol. The number of aryl methyl sites for hydroxylation is 1. The lowest BCUT2D eigenvalue weighted by molar-refractivity contribution is 0.308. The largest absolute Gasteiger partial charge is 0.497 e.